The Balaban J connectivity index is 4.17. The number of phosphoric ester groups is 1. The molecular formula is C63H122N2O6P+. The number of phosphoric acid groups is 1. The van der Waals surface area contributed by atoms with E-state index in [2.05, 4.69) is 55.6 Å². The van der Waals surface area contributed by atoms with Gasteiger partial charge in [-0.25, -0.2) is 4.57 Å². The van der Waals surface area contributed by atoms with Gasteiger partial charge in [0.05, 0.1) is 39.9 Å². The summed E-state index contributed by atoms with van der Waals surface area (Å²) in [7, 11) is 1.55. The third kappa shape index (κ3) is 56.2. The smallest absolute Gasteiger partial charge is 0.387 e. The lowest BCUT2D eigenvalue weighted by molar-refractivity contribution is -0.870. The molecule has 0 saturated heterocycles. The van der Waals surface area contributed by atoms with E-state index in [1.54, 1.807) is 6.08 Å². The maximum Gasteiger partial charge on any atom is 0.472 e. The number of likely N-dealkylation sites (N-methyl/N-ethyl adjacent to an activating group) is 1. The van der Waals surface area contributed by atoms with Gasteiger partial charge in [0.15, 0.2) is 0 Å². The van der Waals surface area contributed by atoms with Crippen LogP contribution in [0.3, 0.4) is 0 Å². The van der Waals surface area contributed by atoms with Gasteiger partial charge in [0.1, 0.15) is 13.2 Å². The molecule has 0 bridgehead atoms. The van der Waals surface area contributed by atoms with Crippen LogP contribution in [-0.2, 0) is 18.4 Å². The fraction of sp³-hybridized carbons (Fsp3) is 0.857. The second-order valence-corrected chi connectivity index (χ2v) is 23.9. The normalized spacial score (nSPS) is 14.2. The first-order valence-corrected chi connectivity index (χ1v) is 32.5. The summed E-state index contributed by atoms with van der Waals surface area (Å²) in [6, 6.07) is -0.870. The molecule has 0 heterocycles. The number of nitrogens with zero attached hydrogens (tertiary/aromatic N) is 1. The van der Waals surface area contributed by atoms with Crippen molar-refractivity contribution in [2.45, 2.75) is 309 Å². The van der Waals surface area contributed by atoms with Crippen molar-refractivity contribution >= 4 is 13.7 Å². The number of aliphatic hydroxyl groups excluding tert-OH is 1. The van der Waals surface area contributed by atoms with Crippen molar-refractivity contribution in [3.63, 3.8) is 0 Å². The maximum atomic E-state index is 13.0. The van der Waals surface area contributed by atoms with Gasteiger partial charge in [0, 0.05) is 6.42 Å². The highest BCUT2D eigenvalue weighted by molar-refractivity contribution is 7.47. The third-order valence-corrected chi connectivity index (χ3v) is 15.0. The van der Waals surface area contributed by atoms with Gasteiger partial charge in [0.2, 0.25) is 5.91 Å². The SMILES string of the molecule is CCCCCCCCCC/C=C\CCCCCCCCCCCCCCCCCCCC(=O)NC(COP(=O)(O)OCC[N+](C)(C)C)C(O)/C=C/CC/C=C/CC/C=C/CCCCCCCCCCCCC. The number of hydrogen-bond acceptors (Lipinski definition) is 5. The summed E-state index contributed by atoms with van der Waals surface area (Å²) in [5.41, 5.74) is 0. The van der Waals surface area contributed by atoms with Crippen LogP contribution in [0.25, 0.3) is 0 Å². The van der Waals surface area contributed by atoms with Crippen LogP contribution in [-0.4, -0.2) is 73.4 Å². The molecule has 0 aromatic carbocycles. The molecule has 3 unspecified atom stereocenters. The summed E-state index contributed by atoms with van der Waals surface area (Å²) in [6.45, 7) is 4.82. The first kappa shape index (κ1) is 70.5. The number of amides is 1. The van der Waals surface area contributed by atoms with E-state index < -0.39 is 20.0 Å². The highest BCUT2D eigenvalue weighted by Crippen LogP contribution is 2.43. The van der Waals surface area contributed by atoms with Crippen LogP contribution in [0, 0.1) is 0 Å². The van der Waals surface area contributed by atoms with Gasteiger partial charge >= 0.3 is 7.82 Å². The van der Waals surface area contributed by atoms with Crippen molar-refractivity contribution in [3.8, 4) is 0 Å². The summed E-state index contributed by atoms with van der Waals surface area (Å²) in [4.78, 5) is 23.3. The molecule has 0 rings (SSSR count). The van der Waals surface area contributed by atoms with Crippen LogP contribution in [0.15, 0.2) is 48.6 Å². The number of carbonyl (C=O) groups excluding carboxylic acids is 1. The maximum absolute atomic E-state index is 13.0. The van der Waals surface area contributed by atoms with Crippen molar-refractivity contribution in [2.75, 3.05) is 40.9 Å². The molecular weight excluding hydrogens is 912 g/mol. The van der Waals surface area contributed by atoms with Crippen molar-refractivity contribution in [1.82, 2.24) is 5.32 Å². The van der Waals surface area contributed by atoms with E-state index in [-0.39, 0.29) is 19.1 Å². The van der Waals surface area contributed by atoms with Crippen molar-refractivity contribution < 1.29 is 32.9 Å². The molecule has 0 spiro atoms. The van der Waals surface area contributed by atoms with Crippen molar-refractivity contribution in [3.05, 3.63) is 48.6 Å². The molecule has 3 N–H and O–H groups in total. The monoisotopic (exact) mass is 1030 g/mol. The van der Waals surface area contributed by atoms with E-state index >= 15 is 0 Å². The summed E-state index contributed by atoms with van der Waals surface area (Å²) in [6.07, 6.45) is 72.3. The Kier molecular flexibility index (Phi) is 53.1. The average Bonchev–Trinajstić information content (AvgIpc) is 3.34. The van der Waals surface area contributed by atoms with Gasteiger partial charge in [-0.1, -0.05) is 268 Å². The van der Waals surface area contributed by atoms with Gasteiger partial charge in [-0.05, 0) is 70.6 Å². The van der Waals surface area contributed by atoms with Crippen LogP contribution in [0.1, 0.15) is 296 Å². The Hall–Kier alpha value is -1.54. The van der Waals surface area contributed by atoms with Gasteiger partial charge < -0.3 is 19.8 Å². The molecule has 0 aliphatic rings. The number of aliphatic hydroxyl groups is 1. The zero-order chi connectivity index (χ0) is 52.7. The summed E-state index contributed by atoms with van der Waals surface area (Å²) < 4.78 is 23.7. The molecule has 424 valence electrons. The van der Waals surface area contributed by atoms with Crippen LogP contribution >= 0.6 is 7.82 Å². The van der Waals surface area contributed by atoms with E-state index in [1.165, 1.54) is 231 Å². The number of rotatable bonds is 57. The lowest BCUT2D eigenvalue weighted by Crippen LogP contribution is -2.45. The highest BCUT2D eigenvalue weighted by atomic mass is 31.2. The van der Waals surface area contributed by atoms with Gasteiger partial charge in [0.25, 0.3) is 0 Å². The number of allylic oxidation sites excluding steroid dienone is 7. The second kappa shape index (κ2) is 54.3. The van der Waals surface area contributed by atoms with Crippen molar-refractivity contribution in [2.24, 2.45) is 0 Å². The second-order valence-electron chi connectivity index (χ2n) is 22.4. The first-order chi connectivity index (χ1) is 35.0. The number of quaternary nitrogens is 1. The zero-order valence-electron chi connectivity index (χ0n) is 48.4. The van der Waals surface area contributed by atoms with E-state index in [0.29, 0.717) is 17.4 Å². The molecule has 0 aliphatic carbocycles. The van der Waals surface area contributed by atoms with Crippen LogP contribution < -0.4 is 5.32 Å². The predicted molar refractivity (Wildman–Crippen MR) is 314 cm³/mol. The molecule has 3 atom stereocenters. The van der Waals surface area contributed by atoms with Crippen LogP contribution in [0.2, 0.25) is 0 Å². The quantitative estimate of drug-likeness (QED) is 0.0243. The number of carbonyl (C=O) groups is 1. The molecule has 0 aromatic heterocycles. The summed E-state index contributed by atoms with van der Waals surface area (Å²) >= 11 is 0. The Morgan fingerprint density at radius 1 is 0.458 bits per heavy atom. The third-order valence-electron chi connectivity index (χ3n) is 14.0. The Morgan fingerprint density at radius 2 is 0.764 bits per heavy atom. The largest absolute Gasteiger partial charge is 0.472 e. The Morgan fingerprint density at radius 3 is 1.11 bits per heavy atom. The lowest BCUT2D eigenvalue weighted by atomic mass is 10.0. The van der Waals surface area contributed by atoms with E-state index in [1.807, 2.05) is 27.2 Å². The fourth-order valence-electron chi connectivity index (χ4n) is 9.13. The average molecular weight is 1030 g/mol. The minimum absolute atomic E-state index is 0.0540. The Bertz CT molecular complexity index is 1310. The molecule has 1 amide bonds. The van der Waals surface area contributed by atoms with Gasteiger partial charge in [-0.2, -0.15) is 0 Å². The van der Waals surface area contributed by atoms with Crippen molar-refractivity contribution in [1.29, 1.82) is 0 Å². The molecule has 0 aliphatic heterocycles. The van der Waals surface area contributed by atoms with Crippen LogP contribution in [0.5, 0.6) is 0 Å². The molecule has 0 saturated carbocycles. The molecule has 0 fully saturated rings. The number of hydrogen-bond donors (Lipinski definition) is 3. The van der Waals surface area contributed by atoms with Crippen LogP contribution in [0.4, 0.5) is 0 Å². The van der Waals surface area contributed by atoms with E-state index in [4.69, 9.17) is 9.05 Å². The van der Waals surface area contributed by atoms with Gasteiger partial charge in [-0.15, -0.1) is 0 Å². The lowest BCUT2D eigenvalue weighted by Gasteiger charge is -2.25. The molecule has 9 heteroatoms. The first-order valence-electron chi connectivity index (χ1n) is 31.0. The minimum atomic E-state index is -4.36. The molecule has 0 aromatic rings. The summed E-state index contributed by atoms with van der Waals surface area (Å²) in [5.74, 6) is -0.187. The minimum Gasteiger partial charge on any atom is -0.387 e. The topological polar surface area (TPSA) is 105 Å². The van der Waals surface area contributed by atoms with E-state index in [0.717, 1.165) is 44.9 Å². The Labute approximate surface area is 448 Å². The number of nitrogens with one attached hydrogen (secondary N) is 1. The highest BCUT2D eigenvalue weighted by Gasteiger charge is 2.27. The molecule has 72 heavy (non-hydrogen) atoms. The number of unbranched alkanes of at least 4 members (excludes halogenated alkanes) is 38. The predicted octanol–water partition coefficient (Wildman–Crippen LogP) is 19.1. The zero-order valence-corrected chi connectivity index (χ0v) is 49.3. The summed E-state index contributed by atoms with van der Waals surface area (Å²) in [5, 5.41) is 13.9. The van der Waals surface area contributed by atoms with E-state index in [9.17, 15) is 19.4 Å². The fourth-order valence-corrected chi connectivity index (χ4v) is 9.87. The standard InChI is InChI=1S/C63H121N2O6P/c1-6-8-10-12-14-16-18-20-22-24-26-28-29-30-31-32-33-34-35-37-39-41-43-45-47-49-51-53-55-57-63(67)64-61(60-71-72(68,69)70-59-58-65(3,4)5)62(66)56-54-52-50-48-46-44-42-40-38-36-27-25-23-21-19-17-15-13-11-9-7-2/h24,26,38,40,46,48,54,56,61-62,66H,6-23,25,27-37,39,41-45,47,49-53,55,57-60H2,1-5H3,(H-,64,67,68,69)/p+1/b26-24-,40-38+,48-46+,56-54+. The molecule has 0 radical (unpaired) electrons. The van der Waals surface area contributed by atoms with Gasteiger partial charge in [-0.3, -0.25) is 13.8 Å². The molecule has 8 nitrogen and oxygen atoms in total.